The second-order valence-corrected chi connectivity index (χ2v) is 10.0. The SMILES string of the molecule is CC(=O)[C@@]12[NH2+][C@@H]1C[C@@H]1[C@H]3CC=C4C[C@@H](O)CC[C@]4(C)[C@@H]3CC[C@@]12C. The normalized spacial score (nSPS) is 58.0. The van der Waals surface area contributed by atoms with Crippen LogP contribution in [0.5, 0.6) is 0 Å². The van der Waals surface area contributed by atoms with Crippen molar-refractivity contribution in [2.45, 2.75) is 83.4 Å². The van der Waals surface area contributed by atoms with Crippen molar-refractivity contribution < 1.29 is 15.2 Å². The van der Waals surface area contributed by atoms with Gasteiger partial charge >= 0.3 is 0 Å². The van der Waals surface area contributed by atoms with Crippen molar-refractivity contribution in [3.05, 3.63) is 11.6 Å². The van der Waals surface area contributed by atoms with E-state index in [1.165, 1.54) is 25.7 Å². The molecule has 0 spiro atoms. The van der Waals surface area contributed by atoms with Gasteiger partial charge in [-0.2, -0.15) is 0 Å². The average Bonchev–Trinajstić information content (AvgIpc) is 3.21. The number of hydrogen-bond donors (Lipinski definition) is 2. The number of carbonyl (C=O) groups is 1. The maximum absolute atomic E-state index is 12.5. The van der Waals surface area contributed by atoms with Crippen LogP contribution in [0.2, 0.25) is 0 Å². The molecule has 0 aromatic carbocycles. The molecular weight excluding hydrogens is 298 g/mol. The zero-order valence-corrected chi connectivity index (χ0v) is 15.3. The predicted octanol–water partition coefficient (Wildman–Crippen LogP) is 2.19. The van der Waals surface area contributed by atoms with E-state index in [2.05, 4.69) is 25.2 Å². The number of aliphatic hydroxyl groups is 1. The lowest BCUT2D eigenvalue weighted by molar-refractivity contribution is -0.556. The molecule has 0 aromatic rings. The predicted molar refractivity (Wildman–Crippen MR) is 92.2 cm³/mol. The van der Waals surface area contributed by atoms with Gasteiger partial charge in [-0.15, -0.1) is 0 Å². The van der Waals surface area contributed by atoms with Crippen molar-refractivity contribution in [3.63, 3.8) is 0 Å². The molecule has 4 fully saturated rings. The molecule has 0 amide bonds. The van der Waals surface area contributed by atoms with Gasteiger partial charge in [-0.25, -0.2) is 0 Å². The van der Waals surface area contributed by atoms with Crippen molar-refractivity contribution in [3.8, 4) is 0 Å². The van der Waals surface area contributed by atoms with Crippen LogP contribution in [-0.2, 0) is 4.79 Å². The van der Waals surface area contributed by atoms with Crippen LogP contribution in [0.15, 0.2) is 11.6 Å². The van der Waals surface area contributed by atoms with Gasteiger partial charge in [0.05, 0.1) is 6.10 Å². The minimum absolute atomic E-state index is 0.0731. The van der Waals surface area contributed by atoms with Crippen LogP contribution in [0.3, 0.4) is 0 Å². The monoisotopic (exact) mass is 330 g/mol. The summed E-state index contributed by atoms with van der Waals surface area (Å²) in [5.41, 5.74) is 1.99. The Kier molecular flexibility index (Phi) is 2.94. The van der Waals surface area contributed by atoms with Gasteiger partial charge in [-0.3, -0.25) is 4.79 Å². The van der Waals surface area contributed by atoms with Gasteiger partial charge in [0.1, 0.15) is 0 Å². The highest BCUT2D eigenvalue weighted by Gasteiger charge is 2.82. The van der Waals surface area contributed by atoms with Crippen LogP contribution in [0, 0.1) is 28.6 Å². The zero-order chi connectivity index (χ0) is 16.9. The van der Waals surface area contributed by atoms with Crippen molar-refractivity contribution in [1.29, 1.82) is 0 Å². The second kappa shape index (κ2) is 4.54. The smallest absolute Gasteiger partial charge is 0.212 e. The first kappa shape index (κ1) is 15.6. The minimum Gasteiger partial charge on any atom is -0.393 e. The summed E-state index contributed by atoms with van der Waals surface area (Å²) in [5.74, 6) is 2.67. The number of ketones is 1. The maximum atomic E-state index is 12.5. The number of rotatable bonds is 1. The van der Waals surface area contributed by atoms with Crippen LogP contribution in [0.25, 0.3) is 0 Å². The van der Waals surface area contributed by atoms with E-state index in [4.69, 9.17) is 0 Å². The third-order valence-corrected chi connectivity index (χ3v) is 9.44. The molecule has 1 aliphatic heterocycles. The summed E-state index contributed by atoms with van der Waals surface area (Å²) < 4.78 is 0. The van der Waals surface area contributed by atoms with Gasteiger partial charge in [0.2, 0.25) is 5.54 Å². The molecule has 5 aliphatic rings. The lowest BCUT2D eigenvalue weighted by atomic mass is 9.46. The summed E-state index contributed by atoms with van der Waals surface area (Å²) in [6.07, 6.45) is 10.3. The number of Topliss-reactive ketones (excluding diaryl/α,β-unsaturated/α-hetero) is 1. The molecular formula is C21H32NO2+. The Hall–Kier alpha value is -0.670. The summed E-state index contributed by atoms with van der Waals surface area (Å²) in [6.45, 7) is 6.75. The molecule has 0 aromatic heterocycles. The summed E-state index contributed by atoms with van der Waals surface area (Å²) in [4.78, 5) is 12.5. The van der Waals surface area contributed by atoms with Crippen molar-refractivity contribution in [1.82, 2.24) is 0 Å². The fourth-order valence-corrected chi connectivity index (χ4v) is 8.10. The van der Waals surface area contributed by atoms with E-state index < -0.39 is 0 Å². The van der Waals surface area contributed by atoms with Gasteiger partial charge in [-0.05, 0) is 61.7 Å². The first-order chi connectivity index (χ1) is 11.3. The number of hydrogen-bond acceptors (Lipinski definition) is 2. The van der Waals surface area contributed by atoms with Crippen LogP contribution >= 0.6 is 0 Å². The molecule has 3 saturated carbocycles. The third kappa shape index (κ3) is 1.60. The Morgan fingerprint density at radius 3 is 2.79 bits per heavy atom. The number of allylic oxidation sites excluding steroid dienone is 1. The first-order valence-corrected chi connectivity index (χ1v) is 10.1. The van der Waals surface area contributed by atoms with E-state index in [1.54, 1.807) is 5.57 Å². The van der Waals surface area contributed by atoms with Crippen LogP contribution in [0.1, 0.15) is 65.7 Å². The minimum atomic E-state index is -0.121. The van der Waals surface area contributed by atoms with E-state index in [0.717, 1.165) is 37.0 Å². The Bertz CT molecular complexity index is 642. The Morgan fingerprint density at radius 1 is 1.25 bits per heavy atom. The standard InChI is InChI=1S/C21H31NO2/c1-12(23)21-18(22-21)11-17-15-5-4-13-10-14(24)6-8-19(13,2)16(15)7-9-20(17,21)3/h4,14-18,22,24H,5-11H2,1-3H3/p+1/t14-,15-,16+,17+,18+,19-,20-,21+/m0/s1. The van der Waals surface area contributed by atoms with E-state index in [1.807, 2.05) is 6.92 Å². The van der Waals surface area contributed by atoms with Crippen LogP contribution < -0.4 is 5.32 Å². The number of fused-ring (bicyclic) bond motifs is 7. The highest BCUT2D eigenvalue weighted by atomic mass is 16.3. The number of piperidine rings is 1. The van der Waals surface area contributed by atoms with Gasteiger partial charge in [-0.1, -0.05) is 25.5 Å². The molecule has 3 heteroatoms. The second-order valence-electron chi connectivity index (χ2n) is 10.0. The molecule has 3 N–H and O–H groups in total. The topological polar surface area (TPSA) is 53.9 Å². The van der Waals surface area contributed by atoms with E-state index >= 15 is 0 Å². The van der Waals surface area contributed by atoms with E-state index in [0.29, 0.717) is 17.2 Å². The maximum Gasteiger partial charge on any atom is 0.212 e. The highest BCUT2D eigenvalue weighted by Crippen LogP contribution is 2.68. The Balaban J connectivity index is 1.51. The molecule has 3 nitrogen and oxygen atoms in total. The lowest BCUT2D eigenvalue weighted by Crippen LogP contribution is -2.77. The molecule has 1 saturated heterocycles. The molecule has 4 aliphatic carbocycles. The van der Waals surface area contributed by atoms with Crippen LogP contribution in [0.4, 0.5) is 0 Å². The Morgan fingerprint density at radius 2 is 2.04 bits per heavy atom. The summed E-state index contributed by atoms with van der Waals surface area (Å²) in [5, 5.41) is 12.5. The number of nitrogens with two attached hydrogens (primary N) is 1. The molecule has 24 heavy (non-hydrogen) atoms. The highest BCUT2D eigenvalue weighted by molar-refractivity contribution is 5.89. The lowest BCUT2D eigenvalue weighted by Gasteiger charge is -2.57. The van der Waals surface area contributed by atoms with Crippen molar-refractivity contribution >= 4 is 5.78 Å². The average molecular weight is 330 g/mol. The molecule has 132 valence electrons. The van der Waals surface area contributed by atoms with Gasteiger partial charge < -0.3 is 10.4 Å². The molecule has 8 atom stereocenters. The number of quaternary nitrogens is 1. The summed E-state index contributed by atoms with van der Waals surface area (Å²) >= 11 is 0. The molecule has 5 rings (SSSR count). The number of carbonyl (C=O) groups excluding carboxylic acids is 1. The molecule has 0 radical (unpaired) electrons. The fraction of sp³-hybridized carbons (Fsp3) is 0.857. The van der Waals surface area contributed by atoms with Crippen LogP contribution in [-0.4, -0.2) is 28.6 Å². The quantitative estimate of drug-likeness (QED) is 0.572. The third-order valence-electron chi connectivity index (χ3n) is 9.44. The molecule has 0 bridgehead atoms. The molecule has 0 unspecified atom stereocenters. The van der Waals surface area contributed by atoms with Crippen molar-refractivity contribution in [2.24, 2.45) is 28.6 Å². The van der Waals surface area contributed by atoms with E-state index in [9.17, 15) is 9.90 Å². The van der Waals surface area contributed by atoms with E-state index in [-0.39, 0.29) is 17.1 Å². The fourth-order valence-electron chi connectivity index (χ4n) is 8.10. The van der Waals surface area contributed by atoms with Gasteiger partial charge in [0.15, 0.2) is 11.8 Å². The molecule has 1 heterocycles. The largest absolute Gasteiger partial charge is 0.393 e. The first-order valence-electron chi connectivity index (χ1n) is 10.1. The zero-order valence-electron chi connectivity index (χ0n) is 15.3. The van der Waals surface area contributed by atoms with Gasteiger partial charge in [0, 0.05) is 18.8 Å². The van der Waals surface area contributed by atoms with Crippen molar-refractivity contribution in [2.75, 3.05) is 0 Å². The van der Waals surface area contributed by atoms with Gasteiger partial charge in [0.25, 0.3) is 0 Å². The summed E-state index contributed by atoms with van der Waals surface area (Å²) in [6, 6.07) is 0.565. The Labute approximate surface area is 145 Å². The summed E-state index contributed by atoms with van der Waals surface area (Å²) in [7, 11) is 0. The number of aliphatic hydroxyl groups excluding tert-OH is 1.